The van der Waals surface area contributed by atoms with E-state index in [1.807, 2.05) is 0 Å². The van der Waals surface area contributed by atoms with Crippen molar-refractivity contribution in [2.75, 3.05) is 0 Å². The first-order valence-corrected chi connectivity index (χ1v) is 19.4. The van der Waals surface area contributed by atoms with Gasteiger partial charge in [-0.05, 0) is 111 Å². The Kier molecular flexibility index (Phi) is 6.55. The first-order chi connectivity index (χ1) is 27.3. The van der Waals surface area contributed by atoms with Crippen molar-refractivity contribution in [3.63, 3.8) is 0 Å². The second-order valence-electron chi connectivity index (χ2n) is 15.2. The van der Waals surface area contributed by atoms with Gasteiger partial charge < -0.3 is 9.13 Å². The Bertz CT molecular complexity index is 3250. The van der Waals surface area contributed by atoms with Crippen LogP contribution in [-0.2, 0) is 6.42 Å². The number of hydrogen-bond acceptors (Lipinski definition) is 0. The standard InChI is InChI=1S/C53H36N2/c1-3-12-34(13-4-1)35-22-26-41(27-23-35)54-48-21-10-9-18-43(48)44-28-24-37(32-50(44)54)36-25-29-49-47(31-36)53-46-20-11-19-45-42-17-8-7-14-38(42)30-39(52(45)46)33-51(53)55(49)40-15-5-2-6-16-40/h1-26,28-29,31-33,41H,27,30H2. The summed E-state index contributed by atoms with van der Waals surface area (Å²) in [6.07, 6.45) is 9.00. The Morgan fingerprint density at radius 1 is 0.436 bits per heavy atom. The van der Waals surface area contributed by atoms with E-state index in [0.717, 1.165) is 12.8 Å². The van der Waals surface area contributed by atoms with Crippen LogP contribution in [0.2, 0.25) is 0 Å². The lowest BCUT2D eigenvalue weighted by Gasteiger charge is -2.22. The monoisotopic (exact) mass is 700 g/mol. The average Bonchev–Trinajstić information content (AvgIpc) is 3.76. The van der Waals surface area contributed by atoms with E-state index in [-0.39, 0.29) is 6.04 Å². The van der Waals surface area contributed by atoms with Crippen molar-refractivity contribution in [1.82, 2.24) is 9.13 Å². The molecule has 0 fully saturated rings. The van der Waals surface area contributed by atoms with Crippen LogP contribution in [0.3, 0.4) is 0 Å². The first-order valence-electron chi connectivity index (χ1n) is 19.4. The van der Waals surface area contributed by atoms with Crippen molar-refractivity contribution in [3.8, 4) is 27.9 Å². The molecule has 55 heavy (non-hydrogen) atoms. The van der Waals surface area contributed by atoms with Crippen LogP contribution >= 0.6 is 0 Å². The number of para-hydroxylation sites is 2. The fraction of sp³-hybridized carbons (Fsp3) is 0.0566. The molecule has 0 aliphatic heterocycles. The molecule has 2 aromatic heterocycles. The van der Waals surface area contributed by atoms with E-state index < -0.39 is 0 Å². The molecule has 2 heteroatoms. The molecule has 0 amide bonds. The van der Waals surface area contributed by atoms with Gasteiger partial charge in [-0.2, -0.15) is 0 Å². The molecule has 12 rings (SSSR count). The second kappa shape index (κ2) is 11.8. The normalized spacial score (nSPS) is 15.0. The smallest absolute Gasteiger partial charge is 0.0560 e. The van der Waals surface area contributed by atoms with Crippen molar-refractivity contribution in [2.45, 2.75) is 18.9 Å². The van der Waals surface area contributed by atoms with Gasteiger partial charge in [-0.25, -0.2) is 0 Å². The van der Waals surface area contributed by atoms with Gasteiger partial charge in [0.1, 0.15) is 0 Å². The molecule has 2 nitrogen and oxygen atoms in total. The lowest BCUT2D eigenvalue weighted by Crippen LogP contribution is -2.08. The van der Waals surface area contributed by atoms with E-state index in [9.17, 15) is 0 Å². The molecule has 2 aliphatic carbocycles. The van der Waals surface area contributed by atoms with Crippen LogP contribution in [0, 0.1) is 0 Å². The topological polar surface area (TPSA) is 9.86 Å². The fourth-order valence-electron chi connectivity index (χ4n) is 9.80. The van der Waals surface area contributed by atoms with Crippen LogP contribution < -0.4 is 0 Å². The van der Waals surface area contributed by atoms with Gasteiger partial charge in [0.05, 0.1) is 22.6 Å². The van der Waals surface area contributed by atoms with Crippen molar-refractivity contribution in [3.05, 3.63) is 205 Å². The minimum atomic E-state index is 0.231. The van der Waals surface area contributed by atoms with E-state index in [2.05, 4.69) is 197 Å². The van der Waals surface area contributed by atoms with Crippen LogP contribution in [0.15, 0.2) is 188 Å². The number of benzene rings is 8. The van der Waals surface area contributed by atoms with Gasteiger partial charge in [-0.15, -0.1) is 0 Å². The van der Waals surface area contributed by atoms with Crippen LogP contribution in [0.1, 0.15) is 29.2 Å². The number of allylic oxidation sites excluding steroid dienone is 4. The molecule has 0 N–H and O–H groups in total. The Hall–Kier alpha value is -6.90. The highest BCUT2D eigenvalue weighted by atomic mass is 15.0. The number of nitrogens with zero attached hydrogens (tertiary/aromatic N) is 2. The number of aromatic nitrogens is 2. The van der Waals surface area contributed by atoms with Gasteiger partial charge in [0.15, 0.2) is 0 Å². The highest BCUT2D eigenvalue weighted by Crippen LogP contribution is 2.46. The highest BCUT2D eigenvalue weighted by Gasteiger charge is 2.24. The summed E-state index contributed by atoms with van der Waals surface area (Å²) in [5.74, 6) is 0. The SMILES string of the molecule is C1=CC(n2c3ccccc3c3ccc(-c4ccc5c(c4)c4c6cccc7c6c(cc4n5-c4ccccc4)Cc4ccccc4-7)cc32)CC=C1c1ccccc1. The van der Waals surface area contributed by atoms with Gasteiger partial charge in [0.2, 0.25) is 0 Å². The predicted molar refractivity (Wildman–Crippen MR) is 232 cm³/mol. The Balaban J connectivity index is 1.07. The molecule has 10 aromatic rings. The van der Waals surface area contributed by atoms with Crippen molar-refractivity contribution >= 4 is 60.0 Å². The molecule has 8 aromatic carbocycles. The Labute approximate surface area is 319 Å². The van der Waals surface area contributed by atoms with E-state index in [1.54, 1.807) is 0 Å². The molecule has 0 radical (unpaired) electrons. The molecule has 258 valence electrons. The summed E-state index contributed by atoms with van der Waals surface area (Å²) in [6.45, 7) is 0. The molecule has 0 saturated carbocycles. The molecule has 0 bridgehead atoms. The molecule has 1 atom stereocenters. The highest BCUT2D eigenvalue weighted by molar-refractivity contribution is 6.25. The van der Waals surface area contributed by atoms with Gasteiger partial charge in [-0.3, -0.25) is 0 Å². The largest absolute Gasteiger partial charge is 0.333 e. The van der Waals surface area contributed by atoms with E-state index >= 15 is 0 Å². The molecule has 0 spiro atoms. The van der Waals surface area contributed by atoms with Crippen LogP contribution in [0.5, 0.6) is 0 Å². The molecular formula is C53H36N2. The number of fused-ring (bicyclic) bond motifs is 9. The first kappa shape index (κ1) is 30.6. The van der Waals surface area contributed by atoms with Crippen molar-refractivity contribution < 1.29 is 0 Å². The van der Waals surface area contributed by atoms with Gasteiger partial charge in [0, 0.05) is 32.7 Å². The summed E-state index contributed by atoms with van der Waals surface area (Å²) in [5.41, 5.74) is 16.8. The molecule has 0 saturated heterocycles. The summed E-state index contributed by atoms with van der Waals surface area (Å²) in [7, 11) is 0. The summed E-state index contributed by atoms with van der Waals surface area (Å²) in [4.78, 5) is 0. The minimum Gasteiger partial charge on any atom is -0.333 e. The summed E-state index contributed by atoms with van der Waals surface area (Å²) >= 11 is 0. The quantitative estimate of drug-likeness (QED) is 0.173. The molecule has 2 heterocycles. The third-order valence-electron chi connectivity index (χ3n) is 12.2. The van der Waals surface area contributed by atoms with Crippen molar-refractivity contribution in [2.24, 2.45) is 0 Å². The van der Waals surface area contributed by atoms with Crippen molar-refractivity contribution in [1.29, 1.82) is 0 Å². The van der Waals surface area contributed by atoms with E-state index in [1.165, 1.54) is 105 Å². The maximum Gasteiger partial charge on any atom is 0.0560 e. The lowest BCUT2D eigenvalue weighted by atomic mass is 9.82. The average molecular weight is 701 g/mol. The Morgan fingerprint density at radius 2 is 1.16 bits per heavy atom. The summed E-state index contributed by atoms with van der Waals surface area (Å²) in [6, 6.07) is 63.3. The zero-order valence-corrected chi connectivity index (χ0v) is 30.3. The molecule has 1 unspecified atom stereocenters. The lowest BCUT2D eigenvalue weighted by molar-refractivity contribution is 0.649. The maximum atomic E-state index is 2.57. The fourth-order valence-corrected chi connectivity index (χ4v) is 9.80. The molecular weight excluding hydrogens is 665 g/mol. The maximum absolute atomic E-state index is 2.57. The van der Waals surface area contributed by atoms with Crippen LogP contribution in [0.25, 0.3) is 87.9 Å². The second-order valence-corrected chi connectivity index (χ2v) is 15.2. The van der Waals surface area contributed by atoms with Gasteiger partial charge in [0.25, 0.3) is 0 Å². The van der Waals surface area contributed by atoms with E-state index in [4.69, 9.17) is 0 Å². The zero-order valence-electron chi connectivity index (χ0n) is 30.3. The third kappa shape index (κ3) is 4.55. The van der Waals surface area contributed by atoms with Gasteiger partial charge >= 0.3 is 0 Å². The zero-order chi connectivity index (χ0) is 36.0. The summed E-state index contributed by atoms with van der Waals surface area (Å²) < 4.78 is 5.04. The number of rotatable bonds is 4. The van der Waals surface area contributed by atoms with Crippen LogP contribution in [-0.4, -0.2) is 9.13 Å². The molecule has 2 aliphatic rings. The summed E-state index contributed by atoms with van der Waals surface area (Å²) in [5, 5.41) is 7.93. The Morgan fingerprint density at radius 3 is 2.04 bits per heavy atom. The van der Waals surface area contributed by atoms with E-state index in [0.29, 0.717) is 0 Å². The van der Waals surface area contributed by atoms with Crippen LogP contribution in [0.4, 0.5) is 0 Å². The number of hydrogen-bond donors (Lipinski definition) is 0. The predicted octanol–water partition coefficient (Wildman–Crippen LogP) is 13.9. The third-order valence-corrected chi connectivity index (χ3v) is 12.2. The van der Waals surface area contributed by atoms with Gasteiger partial charge in [-0.1, -0.05) is 146 Å². The minimum absolute atomic E-state index is 0.231.